The fourth-order valence-corrected chi connectivity index (χ4v) is 2.53. The Hall–Kier alpha value is -1.51. The summed E-state index contributed by atoms with van der Waals surface area (Å²) in [5, 5.41) is 6.82. The van der Waals surface area contributed by atoms with E-state index in [1.807, 2.05) is 0 Å². The first kappa shape index (κ1) is 17.8. The Morgan fingerprint density at radius 1 is 1.30 bits per heavy atom. The number of carbonyl (C=O) groups excluding carboxylic acids is 1. The van der Waals surface area contributed by atoms with Crippen LogP contribution in [-0.2, 0) is 22.5 Å². The molecule has 0 radical (unpaired) electrons. The molecule has 1 aliphatic rings. The van der Waals surface area contributed by atoms with E-state index in [4.69, 9.17) is 9.26 Å². The highest BCUT2D eigenvalue weighted by atomic mass is 16.5. The molecule has 1 N–H and O–H groups in total. The third kappa shape index (κ3) is 6.25. The maximum atomic E-state index is 11.8. The molecule has 0 aliphatic carbocycles. The molecule has 8 nitrogen and oxygen atoms in total. The highest BCUT2D eigenvalue weighted by molar-refractivity contribution is 5.77. The van der Waals surface area contributed by atoms with E-state index >= 15 is 0 Å². The Morgan fingerprint density at radius 3 is 2.74 bits per heavy atom. The highest BCUT2D eigenvalue weighted by Gasteiger charge is 2.20. The van der Waals surface area contributed by atoms with Gasteiger partial charge in [-0.1, -0.05) is 12.1 Å². The van der Waals surface area contributed by atoms with Crippen molar-refractivity contribution in [3.8, 4) is 0 Å². The number of rotatable bonds is 9. The average molecular weight is 325 g/mol. The van der Waals surface area contributed by atoms with Crippen molar-refractivity contribution in [2.45, 2.75) is 26.3 Å². The molecule has 0 atom stereocenters. The first-order chi connectivity index (χ1) is 11.2. The Balaban J connectivity index is 1.66. The van der Waals surface area contributed by atoms with Gasteiger partial charge in [-0.2, -0.15) is 4.98 Å². The normalized spacial score (nSPS) is 16.6. The number of aromatic nitrogens is 2. The molecule has 2 rings (SSSR count). The third-order valence-corrected chi connectivity index (χ3v) is 3.80. The summed E-state index contributed by atoms with van der Waals surface area (Å²) in [6.45, 7) is 7.87. The standard InChI is InChI=1S/C15H27N5O3/c1-3-4-13-17-15(23-18-13)12-20-8-6-19(7-9-20)11-14(21)16-5-10-22-2/h3-12H2,1-2H3,(H,16,21). The molecule has 1 aromatic heterocycles. The van der Waals surface area contributed by atoms with Crippen LogP contribution in [0.3, 0.4) is 0 Å². The monoisotopic (exact) mass is 325 g/mol. The van der Waals surface area contributed by atoms with Crippen LogP contribution in [0.1, 0.15) is 25.1 Å². The summed E-state index contributed by atoms with van der Waals surface area (Å²) in [5.41, 5.74) is 0. The van der Waals surface area contributed by atoms with Crippen LogP contribution in [0.25, 0.3) is 0 Å². The van der Waals surface area contributed by atoms with Crippen LogP contribution in [0.2, 0.25) is 0 Å². The topological polar surface area (TPSA) is 83.7 Å². The number of methoxy groups -OCH3 is 1. The van der Waals surface area contributed by atoms with Crippen molar-refractivity contribution in [2.24, 2.45) is 0 Å². The van der Waals surface area contributed by atoms with Crippen LogP contribution >= 0.6 is 0 Å². The Morgan fingerprint density at radius 2 is 2.04 bits per heavy atom. The van der Waals surface area contributed by atoms with Crippen molar-refractivity contribution in [3.63, 3.8) is 0 Å². The minimum atomic E-state index is 0.0524. The summed E-state index contributed by atoms with van der Waals surface area (Å²) in [6, 6.07) is 0. The number of hydrogen-bond donors (Lipinski definition) is 1. The summed E-state index contributed by atoms with van der Waals surface area (Å²) in [5.74, 6) is 1.52. The Kier molecular flexibility index (Phi) is 7.44. The van der Waals surface area contributed by atoms with Crippen molar-refractivity contribution < 1.29 is 14.1 Å². The van der Waals surface area contributed by atoms with Crippen LogP contribution in [0.4, 0.5) is 0 Å². The molecular weight excluding hydrogens is 298 g/mol. The number of hydrogen-bond acceptors (Lipinski definition) is 7. The number of piperazine rings is 1. The zero-order valence-electron chi connectivity index (χ0n) is 14.1. The maximum Gasteiger partial charge on any atom is 0.240 e. The lowest BCUT2D eigenvalue weighted by Crippen LogP contribution is -2.49. The fourth-order valence-electron chi connectivity index (χ4n) is 2.53. The van der Waals surface area contributed by atoms with Gasteiger partial charge in [0.25, 0.3) is 0 Å². The summed E-state index contributed by atoms with van der Waals surface area (Å²) in [7, 11) is 1.62. The van der Waals surface area contributed by atoms with Gasteiger partial charge in [0.15, 0.2) is 5.82 Å². The van der Waals surface area contributed by atoms with Gasteiger partial charge < -0.3 is 14.6 Å². The predicted octanol–water partition coefficient (Wildman–Crippen LogP) is -0.0977. The zero-order chi connectivity index (χ0) is 16.5. The van der Waals surface area contributed by atoms with Gasteiger partial charge in [0.1, 0.15) is 0 Å². The van der Waals surface area contributed by atoms with E-state index in [1.54, 1.807) is 7.11 Å². The first-order valence-electron chi connectivity index (χ1n) is 8.23. The lowest BCUT2D eigenvalue weighted by atomic mass is 10.3. The van der Waals surface area contributed by atoms with Gasteiger partial charge in [-0.15, -0.1) is 0 Å². The molecule has 2 heterocycles. The second kappa shape index (κ2) is 9.59. The third-order valence-electron chi connectivity index (χ3n) is 3.80. The van der Waals surface area contributed by atoms with E-state index in [-0.39, 0.29) is 5.91 Å². The van der Waals surface area contributed by atoms with Gasteiger partial charge in [0, 0.05) is 46.3 Å². The van der Waals surface area contributed by atoms with E-state index in [2.05, 4.69) is 32.2 Å². The molecule has 1 aromatic rings. The van der Waals surface area contributed by atoms with Gasteiger partial charge in [-0.05, 0) is 6.42 Å². The lowest BCUT2D eigenvalue weighted by molar-refractivity contribution is -0.122. The van der Waals surface area contributed by atoms with Crippen LogP contribution in [0, 0.1) is 0 Å². The Bertz CT molecular complexity index is 471. The molecule has 0 aromatic carbocycles. The molecule has 130 valence electrons. The predicted molar refractivity (Wildman–Crippen MR) is 84.9 cm³/mol. The number of carbonyl (C=O) groups is 1. The quantitative estimate of drug-likeness (QED) is 0.635. The molecule has 1 aliphatic heterocycles. The van der Waals surface area contributed by atoms with Gasteiger partial charge in [0.2, 0.25) is 11.8 Å². The summed E-state index contributed by atoms with van der Waals surface area (Å²) in [4.78, 5) is 20.6. The molecule has 8 heteroatoms. The summed E-state index contributed by atoms with van der Waals surface area (Å²) >= 11 is 0. The van der Waals surface area contributed by atoms with Crippen LogP contribution in [-0.4, -0.2) is 78.8 Å². The second-order valence-corrected chi connectivity index (χ2v) is 5.75. The van der Waals surface area contributed by atoms with E-state index in [0.717, 1.165) is 44.8 Å². The van der Waals surface area contributed by atoms with Crippen molar-refractivity contribution >= 4 is 5.91 Å². The number of amides is 1. The summed E-state index contributed by atoms with van der Waals surface area (Å²) < 4.78 is 10.2. The molecule has 1 amide bonds. The van der Waals surface area contributed by atoms with Gasteiger partial charge in [-0.25, -0.2) is 0 Å². The zero-order valence-corrected chi connectivity index (χ0v) is 14.1. The molecule has 23 heavy (non-hydrogen) atoms. The molecule has 0 saturated carbocycles. The van der Waals surface area contributed by atoms with Crippen molar-refractivity contribution in [2.75, 3.05) is 53.0 Å². The van der Waals surface area contributed by atoms with Gasteiger partial charge in [0.05, 0.1) is 19.7 Å². The summed E-state index contributed by atoms with van der Waals surface area (Å²) in [6.07, 6.45) is 1.87. The highest BCUT2D eigenvalue weighted by Crippen LogP contribution is 2.08. The van der Waals surface area contributed by atoms with Gasteiger partial charge >= 0.3 is 0 Å². The van der Waals surface area contributed by atoms with E-state index in [9.17, 15) is 4.79 Å². The number of ether oxygens (including phenoxy) is 1. The molecule has 0 spiro atoms. The van der Waals surface area contributed by atoms with Crippen LogP contribution < -0.4 is 5.32 Å². The first-order valence-corrected chi connectivity index (χ1v) is 8.23. The lowest BCUT2D eigenvalue weighted by Gasteiger charge is -2.33. The molecule has 0 bridgehead atoms. The number of nitrogens with one attached hydrogen (secondary N) is 1. The average Bonchev–Trinajstić information content (AvgIpc) is 2.97. The number of nitrogens with zero attached hydrogens (tertiary/aromatic N) is 4. The van der Waals surface area contributed by atoms with E-state index < -0.39 is 0 Å². The van der Waals surface area contributed by atoms with Crippen molar-refractivity contribution in [3.05, 3.63) is 11.7 Å². The Labute approximate surface area is 137 Å². The minimum Gasteiger partial charge on any atom is -0.383 e. The minimum absolute atomic E-state index is 0.0524. The van der Waals surface area contributed by atoms with E-state index in [1.165, 1.54) is 0 Å². The van der Waals surface area contributed by atoms with Crippen LogP contribution in [0.5, 0.6) is 0 Å². The molecular formula is C15H27N5O3. The van der Waals surface area contributed by atoms with E-state index in [0.29, 0.717) is 32.1 Å². The van der Waals surface area contributed by atoms with Gasteiger partial charge in [-0.3, -0.25) is 14.6 Å². The second-order valence-electron chi connectivity index (χ2n) is 5.75. The van der Waals surface area contributed by atoms with Crippen molar-refractivity contribution in [1.82, 2.24) is 25.3 Å². The number of aryl methyl sites for hydroxylation is 1. The fraction of sp³-hybridized carbons (Fsp3) is 0.800. The maximum absolute atomic E-state index is 11.8. The molecule has 0 unspecified atom stereocenters. The smallest absolute Gasteiger partial charge is 0.240 e. The van der Waals surface area contributed by atoms with Crippen molar-refractivity contribution in [1.29, 1.82) is 0 Å². The molecule has 1 fully saturated rings. The SMILES string of the molecule is CCCc1noc(CN2CCN(CC(=O)NCCOC)CC2)n1. The largest absolute Gasteiger partial charge is 0.383 e. The molecule has 1 saturated heterocycles. The van der Waals surface area contributed by atoms with Crippen LogP contribution in [0.15, 0.2) is 4.52 Å².